The van der Waals surface area contributed by atoms with Crippen LogP contribution >= 0.6 is 15.6 Å². The van der Waals surface area contributed by atoms with Crippen LogP contribution in [0.25, 0.3) is 0 Å². The molecule has 0 saturated carbocycles. The number of phosphoric ester groups is 2. The Hall–Kier alpha value is -2.46. The summed E-state index contributed by atoms with van der Waals surface area (Å²) in [7, 11) is -9.92. The number of ether oxygens (including phenoxy) is 4. The summed E-state index contributed by atoms with van der Waals surface area (Å²) in [6.07, 6.45) is 66.2. The SMILES string of the molecule is CCCCCC/C=C\C=C/CCCCCCCC(=O)OC[C@H](COP(=O)(O)OC[C@@H](O)COP(=O)(O)OC[C@@H](COC(=O)CCCCCCCCC)OC(=O)CCCCCCCCCCCCCCCCC)OC(=O)CCCCCCCCCCCCCCCCCCCCCC. The van der Waals surface area contributed by atoms with Gasteiger partial charge < -0.3 is 33.8 Å². The maximum absolute atomic E-state index is 13.1. The molecule has 0 fully saturated rings. The van der Waals surface area contributed by atoms with Crippen LogP contribution in [0.1, 0.15) is 394 Å². The fourth-order valence-electron chi connectivity index (χ4n) is 11.6. The molecule has 0 saturated heterocycles. The van der Waals surface area contributed by atoms with E-state index < -0.39 is 97.5 Å². The van der Waals surface area contributed by atoms with Crippen LogP contribution in [0.4, 0.5) is 0 Å². The van der Waals surface area contributed by atoms with E-state index in [-0.39, 0.29) is 25.7 Å². The molecule has 0 aromatic carbocycles. The highest BCUT2D eigenvalue weighted by atomic mass is 31.2. The van der Waals surface area contributed by atoms with Gasteiger partial charge in [-0.1, -0.05) is 341 Å². The normalized spacial score (nSPS) is 14.0. The van der Waals surface area contributed by atoms with Crippen molar-refractivity contribution in [3.8, 4) is 0 Å². The molecule has 2 unspecified atom stereocenters. The zero-order valence-electron chi connectivity index (χ0n) is 62.5. The second-order valence-corrected chi connectivity index (χ2v) is 30.3. The Morgan fingerprint density at radius 1 is 0.289 bits per heavy atom. The van der Waals surface area contributed by atoms with Crippen molar-refractivity contribution in [1.29, 1.82) is 0 Å². The molecular weight excluding hydrogens is 1270 g/mol. The molecule has 572 valence electrons. The first-order chi connectivity index (χ1) is 47.2. The molecule has 0 bridgehead atoms. The van der Waals surface area contributed by atoms with Crippen molar-refractivity contribution < 1.29 is 80.2 Å². The van der Waals surface area contributed by atoms with Gasteiger partial charge >= 0.3 is 39.5 Å². The van der Waals surface area contributed by atoms with E-state index in [2.05, 4.69) is 52.0 Å². The van der Waals surface area contributed by atoms with E-state index in [9.17, 15) is 43.2 Å². The summed E-state index contributed by atoms with van der Waals surface area (Å²) in [5.74, 6) is -2.14. The van der Waals surface area contributed by atoms with Gasteiger partial charge in [0.2, 0.25) is 0 Å². The van der Waals surface area contributed by atoms with Gasteiger partial charge in [-0.05, 0) is 51.4 Å². The summed E-state index contributed by atoms with van der Waals surface area (Å²) in [5.41, 5.74) is 0. The number of aliphatic hydroxyl groups is 1. The van der Waals surface area contributed by atoms with Crippen molar-refractivity contribution in [2.24, 2.45) is 0 Å². The van der Waals surface area contributed by atoms with Crippen LogP contribution in [0, 0.1) is 0 Å². The molecule has 17 nitrogen and oxygen atoms in total. The van der Waals surface area contributed by atoms with E-state index in [1.165, 1.54) is 193 Å². The van der Waals surface area contributed by atoms with Crippen LogP contribution in [0.3, 0.4) is 0 Å². The number of allylic oxidation sites excluding steroid dienone is 4. The zero-order chi connectivity index (χ0) is 71.1. The number of carbonyl (C=O) groups is 4. The Kier molecular flexibility index (Phi) is 70.1. The van der Waals surface area contributed by atoms with E-state index in [1.54, 1.807) is 0 Å². The highest BCUT2D eigenvalue weighted by Gasteiger charge is 2.30. The standard InChI is InChI=1S/C78H148O17P2/c1-5-9-13-17-21-24-27-30-33-34-35-36-37-40-43-46-49-53-57-61-65-78(83)95-74(69-89-76(81)63-59-55-51-47-44-41-38-31-28-25-22-18-14-10-6-2)71-93-97(86,87)91-67-72(79)66-90-96(84,85)92-70-73(68-88-75(80)62-58-54-50-20-16-12-8-4)94-77(82)64-60-56-52-48-45-42-39-32-29-26-23-19-15-11-7-3/h25,28,31,38,72-74,79H,5-24,26-27,29-30,32-37,39-71H2,1-4H3,(H,84,85)(H,86,87)/b28-25-,38-31-/t72-,73+,74+/m0/s1. The van der Waals surface area contributed by atoms with Crippen molar-refractivity contribution >= 4 is 39.5 Å². The Morgan fingerprint density at radius 2 is 0.495 bits per heavy atom. The minimum Gasteiger partial charge on any atom is -0.462 e. The Labute approximate surface area is 592 Å². The first kappa shape index (κ1) is 94.5. The maximum atomic E-state index is 13.1. The van der Waals surface area contributed by atoms with Crippen molar-refractivity contribution in [3.05, 3.63) is 24.3 Å². The zero-order valence-corrected chi connectivity index (χ0v) is 64.3. The van der Waals surface area contributed by atoms with E-state index in [0.29, 0.717) is 25.7 Å². The molecule has 0 aliphatic carbocycles. The summed E-state index contributed by atoms with van der Waals surface area (Å²) in [5, 5.41) is 10.6. The molecule has 0 aliphatic rings. The minimum absolute atomic E-state index is 0.102. The summed E-state index contributed by atoms with van der Waals surface area (Å²) >= 11 is 0. The van der Waals surface area contributed by atoms with Gasteiger partial charge in [0.05, 0.1) is 26.4 Å². The predicted molar refractivity (Wildman–Crippen MR) is 395 cm³/mol. The molecule has 0 aliphatic heterocycles. The van der Waals surface area contributed by atoms with Crippen molar-refractivity contribution in [1.82, 2.24) is 0 Å². The summed E-state index contributed by atoms with van der Waals surface area (Å²) in [4.78, 5) is 72.7. The van der Waals surface area contributed by atoms with Gasteiger partial charge in [0.15, 0.2) is 12.2 Å². The van der Waals surface area contributed by atoms with Gasteiger partial charge in [-0.3, -0.25) is 37.3 Å². The van der Waals surface area contributed by atoms with Gasteiger partial charge in [-0.2, -0.15) is 0 Å². The number of phosphoric acid groups is 2. The second kappa shape index (κ2) is 71.9. The van der Waals surface area contributed by atoms with Gasteiger partial charge in [-0.25, -0.2) is 9.13 Å². The lowest BCUT2D eigenvalue weighted by molar-refractivity contribution is -0.161. The monoisotopic (exact) mass is 1420 g/mol. The third kappa shape index (κ3) is 71.7. The molecule has 0 spiro atoms. The molecular formula is C78H148O17P2. The maximum Gasteiger partial charge on any atom is 0.472 e. The lowest BCUT2D eigenvalue weighted by Gasteiger charge is -2.21. The van der Waals surface area contributed by atoms with Gasteiger partial charge in [0, 0.05) is 25.7 Å². The highest BCUT2D eigenvalue weighted by Crippen LogP contribution is 2.45. The summed E-state index contributed by atoms with van der Waals surface area (Å²) in [6, 6.07) is 0. The highest BCUT2D eigenvalue weighted by molar-refractivity contribution is 7.47. The van der Waals surface area contributed by atoms with Gasteiger partial charge in [0.1, 0.15) is 19.3 Å². The van der Waals surface area contributed by atoms with Crippen molar-refractivity contribution in [3.63, 3.8) is 0 Å². The van der Waals surface area contributed by atoms with Gasteiger partial charge in [0.25, 0.3) is 0 Å². The van der Waals surface area contributed by atoms with Crippen molar-refractivity contribution in [2.75, 3.05) is 39.6 Å². The second-order valence-electron chi connectivity index (χ2n) is 27.4. The molecule has 0 rings (SSSR count). The van der Waals surface area contributed by atoms with Crippen molar-refractivity contribution in [2.45, 2.75) is 412 Å². The number of unbranched alkanes of at least 4 members (excludes halogenated alkanes) is 48. The molecule has 0 heterocycles. The minimum atomic E-state index is -4.96. The smallest absolute Gasteiger partial charge is 0.462 e. The van der Waals surface area contributed by atoms with E-state index in [1.807, 2.05) is 0 Å². The van der Waals surface area contributed by atoms with Crippen LogP contribution in [0.2, 0.25) is 0 Å². The third-order valence-corrected chi connectivity index (χ3v) is 19.6. The molecule has 3 N–H and O–H groups in total. The number of hydrogen-bond acceptors (Lipinski definition) is 15. The molecule has 0 aromatic rings. The lowest BCUT2D eigenvalue weighted by Crippen LogP contribution is -2.30. The largest absolute Gasteiger partial charge is 0.472 e. The molecule has 5 atom stereocenters. The Bertz CT molecular complexity index is 1940. The van der Waals surface area contributed by atoms with Crippen LogP contribution < -0.4 is 0 Å². The molecule has 0 aromatic heterocycles. The first-order valence-electron chi connectivity index (χ1n) is 40.1. The summed E-state index contributed by atoms with van der Waals surface area (Å²) in [6.45, 7) is 4.90. The average Bonchev–Trinajstić information content (AvgIpc) is 1.04. The third-order valence-electron chi connectivity index (χ3n) is 17.7. The lowest BCUT2D eigenvalue weighted by atomic mass is 10.0. The molecule has 0 radical (unpaired) electrons. The summed E-state index contributed by atoms with van der Waals surface area (Å²) < 4.78 is 68.4. The Balaban J connectivity index is 5.20. The molecule has 0 amide bonds. The number of carbonyl (C=O) groups excluding carboxylic acids is 4. The fraction of sp³-hybridized carbons (Fsp3) is 0.897. The number of hydrogen-bond donors (Lipinski definition) is 3. The molecule has 97 heavy (non-hydrogen) atoms. The fourth-order valence-corrected chi connectivity index (χ4v) is 13.1. The van der Waals surface area contributed by atoms with Crippen LogP contribution in [-0.2, 0) is 65.4 Å². The van der Waals surface area contributed by atoms with Gasteiger partial charge in [-0.15, -0.1) is 0 Å². The van der Waals surface area contributed by atoms with Crippen LogP contribution in [0.5, 0.6) is 0 Å². The molecule has 19 heteroatoms. The van der Waals surface area contributed by atoms with E-state index >= 15 is 0 Å². The predicted octanol–water partition coefficient (Wildman–Crippen LogP) is 23.0. The van der Waals surface area contributed by atoms with Crippen LogP contribution in [-0.4, -0.2) is 96.7 Å². The number of esters is 4. The first-order valence-corrected chi connectivity index (χ1v) is 43.1. The van der Waals surface area contributed by atoms with E-state index in [0.717, 1.165) is 122 Å². The number of rotatable bonds is 77. The average molecular weight is 1420 g/mol. The quantitative estimate of drug-likeness (QED) is 0.0169. The van der Waals surface area contributed by atoms with E-state index in [4.69, 9.17) is 37.0 Å². The topological polar surface area (TPSA) is 237 Å². The number of aliphatic hydroxyl groups excluding tert-OH is 1. The Morgan fingerprint density at radius 3 is 0.753 bits per heavy atom. The van der Waals surface area contributed by atoms with Crippen LogP contribution in [0.15, 0.2) is 24.3 Å².